The maximum atomic E-state index is 12.1. The molecule has 5 nitrogen and oxygen atoms in total. The molecule has 1 rings (SSSR count). The van der Waals surface area contributed by atoms with Crippen molar-refractivity contribution in [1.82, 2.24) is 9.80 Å². The molecule has 17 heavy (non-hydrogen) atoms. The Labute approximate surface area is 103 Å². The van der Waals surface area contributed by atoms with Crippen molar-refractivity contribution >= 4 is 11.8 Å². The SMILES string of the molecule is CCC(CC)C(=O)N1CCN(C(=O)CN)CC1. The smallest absolute Gasteiger partial charge is 0.236 e. The highest BCUT2D eigenvalue weighted by Gasteiger charge is 2.26. The second-order valence-corrected chi connectivity index (χ2v) is 4.42. The van der Waals surface area contributed by atoms with Crippen LogP contribution in [0.4, 0.5) is 0 Å². The van der Waals surface area contributed by atoms with Crippen LogP contribution < -0.4 is 5.73 Å². The third-order valence-electron chi connectivity index (χ3n) is 3.45. The predicted octanol–water partition coefficient (Wildman–Crippen LogP) is 0.0521. The molecular formula is C12H23N3O2. The van der Waals surface area contributed by atoms with E-state index in [2.05, 4.69) is 0 Å². The molecule has 0 aromatic carbocycles. The summed E-state index contributed by atoms with van der Waals surface area (Å²) in [5.41, 5.74) is 5.32. The fourth-order valence-corrected chi connectivity index (χ4v) is 2.20. The first-order valence-corrected chi connectivity index (χ1v) is 6.40. The highest BCUT2D eigenvalue weighted by atomic mass is 16.2. The lowest BCUT2D eigenvalue weighted by molar-refractivity contribution is -0.141. The van der Waals surface area contributed by atoms with Gasteiger partial charge in [0, 0.05) is 32.1 Å². The number of piperazine rings is 1. The zero-order chi connectivity index (χ0) is 12.8. The number of nitrogens with zero attached hydrogens (tertiary/aromatic N) is 2. The van der Waals surface area contributed by atoms with E-state index in [1.807, 2.05) is 18.7 Å². The third-order valence-corrected chi connectivity index (χ3v) is 3.45. The molecule has 1 aliphatic heterocycles. The Morgan fingerprint density at radius 3 is 1.94 bits per heavy atom. The van der Waals surface area contributed by atoms with Gasteiger partial charge in [-0.1, -0.05) is 13.8 Å². The first-order chi connectivity index (χ1) is 8.13. The lowest BCUT2D eigenvalue weighted by Gasteiger charge is -2.36. The molecule has 5 heteroatoms. The Bertz CT molecular complexity index is 269. The highest BCUT2D eigenvalue weighted by Crippen LogP contribution is 2.13. The number of hydrogen-bond donors (Lipinski definition) is 1. The van der Waals surface area contributed by atoms with E-state index >= 15 is 0 Å². The van der Waals surface area contributed by atoms with Gasteiger partial charge in [-0.2, -0.15) is 0 Å². The molecule has 0 bridgehead atoms. The van der Waals surface area contributed by atoms with Gasteiger partial charge >= 0.3 is 0 Å². The summed E-state index contributed by atoms with van der Waals surface area (Å²) in [5.74, 6) is 0.334. The van der Waals surface area contributed by atoms with Crippen LogP contribution in [0.15, 0.2) is 0 Å². The normalized spacial score (nSPS) is 16.5. The van der Waals surface area contributed by atoms with Crippen LogP contribution in [-0.2, 0) is 9.59 Å². The molecule has 0 aromatic rings. The largest absolute Gasteiger partial charge is 0.339 e. The first-order valence-electron chi connectivity index (χ1n) is 6.40. The maximum absolute atomic E-state index is 12.1. The number of carbonyl (C=O) groups is 2. The van der Waals surface area contributed by atoms with Gasteiger partial charge in [0.2, 0.25) is 11.8 Å². The summed E-state index contributed by atoms with van der Waals surface area (Å²) in [5, 5.41) is 0. The lowest BCUT2D eigenvalue weighted by Crippen LogP contribution is -2.53. The summed E-state index contributed by atoms with van der Waals surface area (Å²) in [6.07, 6.45) is 1.77. The molecule has 1 fully saturated rings. The number of amides is 2. The molecule has 0 atom stereocenters. The molecule has 2 amide bonds. The summed E-state index contributed by atoms with van der Waals surface area (Å²) < 4.78 is 0. The summed E-state index contributed by atoms with van der Waals surface area (Å²) in [4.78, 5) is 27.1. The minimum absolute atomic E-state index is 0.0281. The van der Waals surface area contributed by atoms with Crippen LogP contribution in [0.2, 0.25) is 0 Å². The Kier molecular flexibility index (Phi) is 5.41. The summed E-state index contributed by atoms with van der Waals surface area (Å²) in [6.45, 7) is 6.65. The summed E-state index contributed by atoms with van der Waals surface area (Å²) in [6, 6.07) is 0. The average molecular weight is 241 g/mol. The van der Waals surface area contributed by atoms with Crippen molar-refractivity contribution in [3.8, 4) is 0 Å². The molecule has 0 radical (unpaired) electrons. The van der Waals surface area contributed by atoms with Crippen molar-refractivity contribution in [1.29, 1.82) is 0 Å². The highest BCUT2D eigenvalue weighted by molar-refractivity contribution is 5.80. The van der Waals surface area contributed by atoms with E-state index < -0.39 is 0 Å². The molecule has 0 unspecified atom stereocenters. The standard InChI is InChI=1S/C12H23N3O2/c1-3-10(4-2)12(17)15-7-5-14(6-8-15)11(16)9-13/h10H,3-9,13H2,1-2H3. The predicted molar refractivity (Wildman–Crippen MR) is 66.3 cm³/mol. The fraction of sp³-hybridized carbons (Fsp3) is 0.833. The Balaban J connectivity index is 2.46. The van der Waals surface area contributed by atoms with Crippen molar-refractivity contribution < 1.29 is 9.59 Å². The van der Waals surface area contributed by atoms with Gasteiger partial charge in [-0.05, 0) is 12.8 Å². The van der Waals surface area contributed by atoms with Crippen LogP contribution in [0, 0.1) is 5.92 Å². The minimum atomic E-state index is -0.0281. The van der Waals surface area contributed by atoms with Crippen molar-refractivity contribution in [2.24, 2.45) is 11.7 Å². The molecule has 1 aliphatic rings. The Morgan fingerprint density at radius 2 is 1.53 bits per heavy atom. The summed E-state index contributed by atoms with van der Waals surface area (Å²) in [7, 11) is 0. The van der Waals surface area contributed by atoms with Gasteiger partial charge in [0.1, 0.15) is 0 Å². The van der Waals surface area contributed by atoms with Crippen LogP contribution in [-0.4, -0.2) is 54.3 Å². The summed E-state index contributed by atoms with van der Waals surface area (Å²) >= 11 is 0. The van der Waals surface area contributed by atoms with E-state index in [0.29, 0.717) is 26.2 Å². The number of hydrogen-bond acceptors (Lipinski definition) is 3. The average Bonchev–Trinajstić information content (AvgIpc) is 2.39. The third kappa shape index (κ3) is 3.43. The van der Waals surface area contributed by atoms with Crippen LogP contribution in [0.5, 0.6) is 0 Å². The fourth-order valence-electron chi connectivity index (χ4n) is 2.20. The minimum Gasteiger partial charge on any atom is -0.339 e. The molecule has 0 aliphatic carbocycles. The van der Waals surface area contributed by atoms with E-state index in [1.165, 1.54) is 0 Å². The van der Waals surface area contributed by atoms with Crippen molar-refractivity contribution in [3.05, 3.63) is 0 Å². The van der Waals surface area contributed by atoms with Gasteiger partial charge in [0.15, 0.2) is 0 Å². The van der Waals surface area contributed by atoms with Gasteiger partial charge in [-0.3, -0.25) is 9.59 Å². The topological polar surface area (TPSA) is 66.6 Å². The van der Waals surface area contributed by atoms with E-state index in [0.717, 1.165) is 12.8 Å². The van der Waals surface area contributed by atoms with Crippen molar-refractivity contribution in [3.63, 3.8) is 0 Å². The molecular weight excluding hydrogens is 218 g/mol. The number of nitrogens with two attached hydrogens (primary N) is 1. The van der Waals surface area contributed by atoms with Gasteiger partial charge < -0.3 is 15.5 Å². The van der Waals surface area contributed by atoms with E-state index in [9.17, 15) is 9.59 Å². The Morgan fingerprint density at radius 1 is 1.06 bits per heavy atom. The zero-order valence-corrected chi connectivity index (χ0v) is 10.8. The lowest BCUT2D eigenvalue weighted by atomic mass is 10.0. The second-order valence-electron chi connectivity index (χ2n) is 4.42. The van der Waals surface area contributed by atoms with Gasteiger partial charge in [0.05, 0.1) is 6.54 Å². The molecule has 0 aromatic heterocycles. The van der Waals surface area contributed by atoms with Crippen LogP contribution in [0.25, 0.3) is 0 Å². The van der Waals surface area contributed by atoms with Crippen molar-refractivity contribution in [2.45, 2.75) is 26.7 Å². The first kappa shape index (κ1) is 14.0. The van der Waals surface area contributed by atoms with E-state index in [-0.39, 0.29) is 24.3 Å². The molecule has 0 spiro atoms. The van der Waals surface area contributed by atoms with E-state index in [4.69, 9.17) is 5.73 Å². The number of carbonyl (C=O) groups excluding carboxylic acids is 2. The van der Waals surface area contributed by atoms with Crippen molar-refractivity contribution in [2.75, 3.05) is 32.7 Å². The molecule has 1 heterocycles. The van der Waals surface area contributed by atoms with Gasteiger partial charge in [0.25, 0.3) is 0 Å². The van der Waals surface area contributed by atoms with Gasteiger partial charge in [-0.25, -0.2) is 0 Å². The maximum Gasteiger partial charge on any atom is 0.236 e. The Hall–Kier alpha value is -1.10. The zero-order valence-electron chi connectivity index (χ0n) is 10.8. The van der Waals surface area contributed by atoms with Crippen LogP contribution in [0.1, 0.15) is 26.7 Å². The monoisotopic (exact) mass is 241 g/mol. The van der Waals surface area contributed by atoms with Gasteiger partial charge in [-0.15, -0.1) is 0 Å². The molecule has 98 valence electrons. The van der Waals surface area contributed by atoms with Crippen LogP contribution >= 0.6 is 0 Å². The molecule has 0 saturated carbocycles. The number of rotatable bonds is 4. The van der Waals surface area contributed by atoms with Crippen LogP contribution in [0.3, 0.4) is 0 Å². The second kappa shape index (κ2) is 6.59. The molecule has 2 N–H and O–H groups in total. The van der Waals surface area contributed by atoms with E-state index in [1.54, 1.807) is 4.90 Å². The quantitative estimate of drug-likeness (QED) is 0.756. The molecule has 1 saturated heterocycles.